The number of ether oxygens (including phenoxy) is 2. The van der Waals surface area contributed by atoms with Crippen LogP contribution in [0.5, 0.6) is 0 Å². The van der Waals surface area contributed by atoms with Crippen molar-refractivity contribution < 1.29 is 18.7 Å². The highest BCUT2D eigenvalue weighted by atomic mass is 16.5. The number of carbonyl (C=O) groups excluding carboxylic acids is 1. The normalized spacial score (nSPS) is 25.4. The predicted octanol–water partition coefficient (Wildman–Crippen LogP) is 2.33. The van der Waals surface area contributed by atoms with Crippen LogP contribution in [0.15, 0.2) is 10.7 Å². The van der Waals surface area contributed by atoms with E-state index in [1.54, 1.807) is 0 Å². The molecule has 7 nitrogen and oxygen atoms in total. The van der Waals surface area contributed by atoms with Crippen molar-refractivity contribution in [1.29, 1.82) is 0 Å². The number of morpholine rings is 1. The average molecular weight is 377 g/mol. The van der Waals surface area contributed by atoms with Gasteiger partial charge in [-0.3, -0.25) is 9.69 Å². The van der Waals surface area contributed by atoms with Gasteiger partial charge < -0.3 is 19.2 Å². The van der Waals surface area contributed by atoms with E-state index in [2.05, 4.69) is 22.1 Å². The molecule has 1 N–H and O–H groups in total. The lowest BCUT2D eigenvalue weighted by molar-refractivity contribution is -0.0323. The average Bonchev–Trinajstić information content (AvgIpc) is 3.40. The first-order valence-electron chi connectivity index (χ1n) is 10.4. The van der Waals surface area contributed by atoms with Gasteiger partial charge in [0.1, 0.15) is 6.26 Å². The van der Waals surface area contributed by atoms with Gasteiger partial charge in [-0.15, -0.1) is 0 Å². The Labute approximate surface area is 160 Å². The fraction of sp³-hybridized carbons (Fsp3) is 0.800. The lowest BCUT2D eigenvalue weighted by Gasteiger charge is -2.47. The zero-order chi connectivity index (χ0) is 18.7. The Kier molecular flexibility index (Phi) is 5.80. The van der Waals surface area contributed by atoms with E-state index in [9.17, 15) is 4.79 Å². The van der Waals surface area contributed by atoms with E-state index >= 15 is 0 Å². The van der Waals surface area contributed by atoms with E-state index in [-0.39, 0.29) is 23.4 Å². The summed E-state index contributed by atoms with van der Waals surface area (Å²) in [5.74, 6) is 0.788. The summed E-state index contributed by atoms with van der Waals surface area (Å²) >= 11 is 0. The van der Waals surface area contributed by atoms with Gasteiger partial charge in [0.05, 0.1) is 13.2 Å². The molecule has 27 heavy (non-hydrogen) atoms. The van der Waals surface area contributed by atoms with Crippen molar-refractivity contribution in [2.45, 2.75) is 62.9 Å². The summed E-state index contributed by atoms with van der Waals surface area (Å²) in [6.07, 6.45) is 7.99. The molecule has 2 saturated heterocycles. The van der Waals surface area contributed by atoms with Gasteiger partial charge in [-0.05, 0) is 32.6 Å². The molecular weight excluding hydrogens is 346 g/mol. The maximum Gasteiger partial charge on any atom is 0.273 e. The monoisotopic (exact) mass is 377 g/mol. The van der Waals surface area contributed by atoms with Crippen molar-refractivity contribution in [3.05, 3.63) is 17.8 Å². The van der Waals surface area contributed by atoms with Crippen LogP contribution in [0.1, 0.15) is 67.7 Å². The molecule has 3 heterocycles. The van der Waals surface area contributed by atoms with Crippen LogP contribution in [-0.2, 0) is 9.47 Å². The number of carbonyl (C=O) groups is 1. The largest absolute Gasteiger partial charge is 0.448 e. The minimum atomic E-state index is -0.135. The van der Waals surface area contributed by atoms with Gasteiger partial charge in [0, 0.05) is 43.8 Å². The smallest absolute Gasteiger partial charge is 0.273 e. The van der Waals surface area contributed by atoms with Gasteiger partial charge in [0.15, 0.2) is 11.6 Å². The van der Waals surface area contributed by atoms with E-state index < -0.39 is 0 Å². The molecule has 2 aliphatic heterocycles. The summed E-state index contributed by atoms with van der Waals surface area (Å²) in [6.45, 7) is 7.04. The predicted molar refractivity (Wildman–Crippen MR) is 99.8 cm³/mol. The SMILES string of the molecule is CC(NC(=O)c1coc(C2CCOCC2)n1)C1(N2CCOCC2)CCCC1. The van der Waals surface area contributed by atoms with Crippen LogP contribution in [0.25, 0.3) is 0 Å². The molecular formula is C20H31N3O4. The zero-order valence-corrected chi connectivity index (χ0v) is 16.2. The third kappa shape index (κ3) is 3.91. The Bertz CT molecular complexity index is 629. The van der Waals surface area contributed by atoms with E-state index in [1.165, 1.54) is 19.1 Å². The summed E-state index contributed by atoms with van der Waals surface area (Å²) in [5.41, 5.74) is 0.422. The Hall–Kier alpha value is -1.44. The molecule has 0 bridgehead atoms. The molecule has 1 aromatic heterocycles. The molecule has 1 unspecified atom stereocenters. The second-order valence-corrected chi connectivity index (χ2v) is 8.06. The zero-order valence-electron chi connectivity index (χ0n) is 16.2. The van der Waals surface area contributed by atoms with E-state index in [0.717, 1.165) is 65.2 Å². The molecule has 1 saturated carbocycles. The maximum absolute atomic E-state index is 12.8. The molecule has 7 heteroatoms. The topological polar surface area (TPSA) is 76.8 Å². The summed E-state index contributed by atoms with van der Waals surface area (Å²) in [4.78, 5) is 19.8. The standard InChI is InChI=1S/C20H31N3O4/c1-15(20(6-2-3-7-20)23-8-12-26-13-9-23)21-18(24)17-14-27-19(22-17)16-4-10-25-11-5-16/h14-16H,2-13H2,1H3,(H,21,24). The van der Waals surface area contributed by atoms with E-state index in [4.69, 9.17) is 13.9 Å². The molecule has 150 valence electrons. The van der Waals surface area contributed by atoms with E-state index in [0.29, 0.717) is 11.6 Å². The number of aromatic nitrogens is 1. The third-order valence-corrected chi connectivity index (χ3v) is 6.59. The van der Waals surface area contributed by atoms with Crippen LogP contribution >= 0.6 is 0 Å². The lowest BCUT2D eigenvalue weighted by atomic mass is 9.86. The van der Waals surface area contributed by atoms with Crippen molar-refractivity contribution in [1.82, 2.24) is 15.2 Å². The van der Waals surface area contributed by atoms with Crippen LogP contribution in [-0.4, -0.2) is 66.9 Å². The van der Waals surface area contributed by atoms with Crippen LogP contribution < -0.4 is 5.32 Å². The van der Waals surface area contributed by atoms with Crippen LogP contribution in [0.3, 0.4) is 0 Å². The van der Waals surface area contributed by atoms with Gasteiger partial charge in [-0.2, -0.15) is 0 Å². The van der Waals surface area contributed by atoms with Crippen molar-refractivity contribution in [2.24, 2.45) is 0 Å². The second-order valence-electron chi connectivity index (χ2n) is 8.06. The van der Waals surface area contributed by atoms with Gasteiger partial charge >= 0.3 is 0 Å². The van der Waals surface area contributed by atoms with E-state index in [1.807, 2.05) is 0 Å². The Morgan fingerprint density at radius 3 is 2.56 bits per heavy atom. The van der Waals surface area contributed by atoms with Crippen LogP contribution in [0.4, 0.5) is 0 Å². The molecule has 1 amide bonds. The Balaban J connectivity index is 1.42. The van der Waals surface area contributed by atoms with Crippen molar-refractivity contribution in [2.75, 3.05) is 39.5 Å². The maximum atomic E-state index is 12.8. The molecule has 1 aliphatic carbocycles. The number of nitrogens with zero attached hydrogens (tertiary/aromatic N) is 2. The molecule has 0 aromatic carbocycles. The minimum absolute atomic E-state index is 0.0344. The Morgan fingerprint density at radius 2 is 1.85 bits per heavy atom. The number of nitrogens with one attached hydrogen (secondary N) is 1. The van der Waals surface area contributed by atoms with Crippen molar-refractivity contribution in [3.63, 3.8) is 0 Å². The summed E-state index contributed by atoms with van der Waals surface area (Å²) < 4.78 is 16.5. The molecule has 3 aliphatic rings. The van der Waals surface area contributed by atoms with Crippen LogP contribution in [0, 0.1) is 0 Å². The summed E-state index contributed by atoms with van der Waals surface area (Å²) in [5, 5.41) is 3.22. The molecule has 1 atom stereocenters. The number of rotatable bonds is 5. The first kappa shape index (κ1) is 18.9. The highest BCUT2D eigenvalue weighted by Gasteiger charge is 2.45. The molecule has 0 radical (unpaired) electrons. The fourth-order valence-corrected chi connectivity index (χ4v) is 4.95. The number of amides is 1. The van der Waals surface area contributed by atoms with Crippen molar-refractivity contribution >= 4 is 5.91 Å². The lowest BCUT2D eigenvalue weighted by Crippen LogP contribution is -2.62. The highest BCUT2D eigenvalue weighted by Crippen LogP contribution is 2.38. The molecule has 4 rings (SSSR count). The number of hydrogen-bond donors (Lipinski definition) is 1. The van der Waals surface area contributed by atoms with Crippen molar-refractivity contribution in [3.8, 4) is 0 Å². The molecule has 0 spiro atoms. The summed E-state index contributed by atoms with van der Waals surface area (Å²) in [6, 6.07) is 0.0637. The Morgan fingerprint density at radius 1 is 1.19 bits per heavy atom. The van der Waals surface area contributed by atoms with Crippen LogP contribution in [0.2, 0.25) is 0 Å². The van der Waals surface area contributed by atoms with Gasteiger partial charge in [-0.25, -0.2) is 4.98 Å². The van der Waals surface area contributed by atoms with Gasteiger partial charge in [0.25, 0.3) is 5.91 Å². The summed E-state index contributed by atoms with van der Waals surface area (Å²) in [7, 11) is 0. The first-order valence-corrected chi connectivity index (χ1v) is 10.4. The second kappa shape index (κ2) is 8.29. The highest BCUT2D eigenvalue weighted by molar-refractivity contribution is 5.92. The van der Waals surface area contributed by atoms with Gasteiger partial charge in [0.2, 0.25) is 0 Å². The first-order chi connectivity index (χ1) is 13.2. The minimum Gasteiger partial charge on any atom is -0.448 e. The molecule has 3 fully saturated rings. The fourth-order valence-electron chi connectivity index (χ4n) is 4.95. The third-order valence-electron chi connectivity index (χ3n) is 6.59. The number of oxazole rings is 1. The number of hydrogen-bond acceptors (Lipinski definition) is 6. The molecule has 1 aromatic rings. The van der Waals surface area contributed by atoms with Gasteiger partial charge in [-0.1, -0.05) is 12.8 Å². The quantitative estimate of drug-likeness (QED) is 0.849.